The van der Waals surface area contributed by atoms with Gasteiger partial charge in [-0.25, -0.2) is 9.50 Å². The minimum Gasteiger partial charge on any atom is -0.377 e. The van der Waals surface area contributed by atoms with E-state index < -0.39 is 0 Å². The van der Waals surface area contributed by atoms with Crippen molar-refractivity contribution in [3.63, 3.8) is 0 Å². The zero-order chi connectivity index (χ0) is 15.0. The summed E-state index contributed by atoms with van der Waals surface area (Å²) in [4.78, 5) is 8.80. The van der Waals surface area contributed by atoms with Crippen LogP contribution in [0.5, 0.6) is 0 Å². The van der Waals surface area contributed by atoms with Gasteiger partial charge in [-0.05, 0) is 39.8 Å². The van der Waals surface area contributed by atoms with Gasteiger partial charge in [0.25, 0.3) is 0 Å². The summed E-state index contributed by atoms with van der Waals surface area (Å²) < 4.78 is 1.90. The Kier molecular flexibility index (Phi) is 3.33. The van der Waals surface area contributed by atoms with Gasteiger partial charge in [0, 0.05) is 29.7 Å². The molecule has 3 rings (SSSR count). The average molecular weight is 281 g/mol. The van der Waals surface area contributed by atoms with E-state index in [-0.39, 0.29) is 6.04 Å². The summed E-state index contributed by atoms with van der Waals surface area (Å²) in [7, 11) is 0. The number of pyridine rings is 1. The largest absolute Gasteiger partial charge is 0.377 e. The van der Waals surface area contributed by atoms with Gasteiger partial charge in [-0.3, -0.25) is 4.98 Å². The quantitative estimate of drug-likeness (QED) is 0.801. The minimum atomic E-state index is 0.134. The van der Waals surface area contributed by atoms with Gasteiger partial charge in [-0.1, -0.05) is 0 Å². The number of fused-ring (bicyclic) bond motifs is 1. The highest BCUT2D eigenvalue weighted by Gasteiger charge is 2.13. The lowest BCUT2D eigenvalue weighted by Gasteiger charge is -2.18. The van der Waals surface area contributed by atoms with Crippen molar-refractivity contribution in [2.45, 2.75) is 33.7 Å². The van der Waals surface area contributed by atoms with E-state index in [1.54, 1.807) is 6.20 Å². The normalized spacial score (nSPS) is 12.6. The van der Waals surface area contributed by atoms with Crippen LogP contribution in [0.2, 0.25) is 0 Å². The van der Waals surface area contributed by atoms with Crippen LogP contribution in [0, 0.1) is 20.8 Å². The summed E-state index contributed by atoms with van der Waals surface area (Å²) in [5.41, 5.74) is 6.14. The molecule has 0 aliphatic rings. The van der Waals surface area contributed by atoms with E-state index in [1.807, 2.05) is 42.8 Å². The Bertz CT molecular complexity index is 790. The summed E-state index contributed by atoms with van der Waals surface area (Å²) in [6.45, 7) is 8.18. The lowest BCUT2D eigenvalue weighted by atomic mass is 10.1. The summed E-state index contributed by atoms with van der Waals surface area (Å²) >= 11 is 0. The molecule has 0 aliphatic heterocycles. The molecule has 0 spiro atoms. The number of anilines is 1. The number of aryl methyl sites for hydroxylation is 3. The lowest BCUT2D eigenvalue weighted by molar-refractivity contribution is 0.796. The van der Waals surface area contributed by atoms with Crippen molar-refractivity contribution >= 4 is 11.3 Å². The number of rotatable bonds is 3. The van der Waals surface area contributed by atoms with Crippen LogP contribution in [0.25, 0.3) is 5.65 Å². The van der Waals surface area contributed by atoms with Crippen molar-refractivity contribution in [3.05, 3.63) is 53.2 Å². The smallest absolute Gasteiger partial charge is 0.155 e. The molecular formula is C16H19N5. The molecule has 0 aromatic carbocycles. The molecule has 0 saturated heterocycles. The van der Waals surface area contributed by atoms with Gasteiger partial charge in [0.15, 0.2) is 5.65 Å². The molecule has 1 unspecified atom stereocenters. The highest BCUT2D eigenvalue weighted by molar-refractivity contribution is 5.50. The molecule has 21 heavy (non-hydrogen) atoms. The Hall–Kier alpha value is -2.43. The van der Waals surface area contributed by atoms with Crippen molar-refractivity contribution in [2.24, 2.45) is 0 Å². The second kappa shape index (κ2) is 5.16. The van der Waals surface area contributed by atoms with Crippen molar-refractivity contribution in [1.82, 2.24) is 19.6 Å². The first kappa shape index (κ1) is 13.5. The van der Waals surface area contributed by atoms with Crippen molar-refractivity contribution in [1.29, 1.82) is 0 Å². The Labute approximate surface area is 124 Å². The molecule has 0 saturated carbocycles. The molecule has 1 atom stereocenters. The molecule has 108 valence electrons. The van der Waals surface area contributed by atoms with Crippen LogP contribution >= 0.6 is 0 Å². The molecule has 0 radical (unpaired) electrons. The topological polar surface area (TPSA) is 55.1 Å². The maximum Gasteiger partial charge on any atom is 0.155 e. The van der Waals surface area contributed by atoms with Gasteiger partial charge in [-0.15, -0.1) is 0 Å². The molecular weight excluding hydrogens is 262 g/mol. The fourth-order valence-electron chi connectivity index (χ4n) is 2.55. The third-order valence-corrected chi connectivity index (χ3v) is 3.73. The summed E-state index contributed by atoms with van der Waals surface area (Å²) in [6.07, 6.45) is 3.73. The molecule has 0 aliphatic carbocycles. The molecule has 3 heterocycles. The molecule has 3 aromatic heterocycles. The SMILES string of the molecule is Cc1cc2ncc(C(C)Nc3cccnc3C)c(C)n2n1. The Morgan fingerprint density at radius 1 is 1.19 bits per heavy atom. The zero-order valence-corrected chi connectivity index (χ0v) is 12.8. The number of hydrogen-bond donors (Lipinski definition) is 1. The van der Waals surface area contributed by atoms with E-state index in [0.717, 1.165) is 34.0 Å². The van der Waals surface area contributed by atoms with Gasteiger partial charge < -0.3 is 5.32 Å². The fourth-order valence-corrected chi connectivity index (χ4v) is 2.55. The molecule has 0 fully saturated rings. The monoisotopic (exact) mass is 281 g/mol. The maximum absolute atomic E-state index is 4.49. The Balaban J connectivity index is 1.96. The van der Waals surface area contributed by atoms with Crippen molar-refractivity contribution < 1.29 is 0 Å². The van der Waals surface area contributed by atoms with Gasteiger partial charge in [0.05, 0.1) is 23.1 Å². The van der Waals surface area contributed by atoms with Crippen LogP contribution < -0.4 is 5.32 Å². The van der Waals surface area contributed by atoms with Crippen molar-refractivity contribution in [2.75, 3.05) is 5.32 Å². The lowest BCUT2D eigenvalue weighted by Crippen LogP contribution is -2.12. The predicted molar refractivity (Wildman–Crippen MR) is 83.5 cm³/mol. The summed E-state index contributed by atoms with van der Waals surface area (Å²) in [5.74, 6) is 0. The van der Waals surface area contributed by atoms with Crippen LogP contribution in [0.3, 0.4) is 0 Å². The Morgan fingerprint density at radius 3 is 2.76 bits per heavy atom. The van der Waals surface area contributed by atoms with Crippen LogP contribution in [0.15, 0.2) is 30.6 Å². The van der Waals surface area contributed by atoms with Crippen LogP contribution in [-0.2, 0) is 0 Å². The maximum atomic E-state index is 4.49. The fraction of sp³-hybridized carbons (Fsp3) is 0.312. The minimum absolute atomic E-state index is 0.134. The Morgan fingerprint density at radius 2 is 2.00 bits per heavy atom. The van der Waals surface area contributed by atoms with Crippen LogP contribution in [-0.4, -0.2) is 19.6 Å². The number of nitrogens with one attached hydrogen (secondary N) is 1. The summed E-state index contributed by atoms with van der Waals surface area (Å²) in [6, 6.07) is 6.10. The van der Waals surface area contributed by atoms with Crippen LogP contribution in [0.1, 0.15) is 35.6 Å². The van der Waals surface area contributed by atoms with Gasteiger partial charge in [0.1, 0.15) is 0 Å². The number of aromatic nitrogens is 4. The molecule has 3 aromatic rings. The van der Waals surface area contributed by atoms with Gasteiger partial charge in [0.2, 0.25) is 0 Å². The standard InChI is InChI=1S/C16H19N5/c1-10-8-16-18-9-14(13(4)21(16)20-10)11(2)19-15-6-5-7-17-12(15)3/h5-9,11,19H,1-4H3. The highest BCUT2D eigenvalue weighted by Crippen LogP contribution is 2.23. The third-order valence-electron chi connectivity index (χ3n) is 3.73. The van der Waals surface area contributed by atoms with E-state index in [0.29, 0.717) is 0 Å². The van der Waals surface area contributed by atoms with E-state index in [9.17, 15) is 0 Å². The van der Waals surface area contributed by atoms with Gasteiger partial charge >= 0.3 is 0 Å². The number of nitrogens with zero attached hydrogens (tertiary/aromatic N) is 4. The molecule has 1 N–H and O–H groups in total. The highest BCUT2D eigenvalue weighted by atomic mass is 15.3. The van der Waals surface area contributed by atoms with Crippen LogP contribution in [0.4, 0.5) is 5.69 Å². The third kappa shape index (κ3) is 2.46. The second-order valence-electron chi connectivity index (χ2n) is 5.36. The second-order valence-corrected chi connectivity index (χ2v) is 5.36. The van der Waals surface area contributed by atoms with E-state index in [2.05, 4.69) is 34.2 Å². The van der Waals surface area contributed by atoms with E-state index in [4.69, 9.17) is 0 Å². The average Bonchev–Trinajstić information content (AvgIpc) is 2.83. The molecule has 0 bridgehead atoms. The first-order valence-corrected chi connectivity index (χ1v) is 7.06. The van der Waals surface area contributed by atoms with Crippen molar-refractivity contribution in [3.8, 4) is 0 Å². The van der Waals surface area contributed by atoms with E-state index >= 15 is 0 Å². The molecule has 5 nitrogen and oxygen atoms in total. The zero-order valence-electron chi connectivity index (χ0n) is 12.8. The molecule has 0 amide bonds. The predicted octanol–water partition coefficient (Wildman–Crippen LogP) is 3.22. The van der Waals surface area contributed by atoms with E-state index in [1.165, 1.54) is 0 Å². The number of hydrogen-bond acceptors (Lipinski definition) is 4. The first-order valence-electron chi connectivity index (χ1n) is 7.06. The molecule has 5 heteroatoms. The van der Waals surface area contributed by atoms with Gasteiger partial charge in [-0.2, -0.15) is 5.10 Å². The first-order chi connectivity index (χ1) is 10.1. The summed E-state index contributed by atoms with van der Waals surface area (Å²) in [5, 5.41) is 7.99.